The van der Waals surface area contributed by atoms with E-state index in [9.17, 15) is 9.59 Å². The Labute approximate surface area is 67.2 Å². The van der Waals surface area contributed by atoms with E-state index in [0.29, 0.717) is 13.0 Å². The molecule has 64 valence electrons. The van der Waals surface area contributed by atoms with Gasteiger partial charge < -0.3 is 5.32 Å². The molecule has 0 aromatic heterocycles. The van der Waals surface area contributed by atoms with E-state index in [0.717, 1.165) is 6.42 Å². The third kappa shape index (κ3) is 5.58. The highest BCUT2D eigenvalue weighted by molar-refractivity contribution is 5.97. The fourth-order valence-corrected chi connectivity index (χ4v) is 0.631. The lowest BCUT2D eigenvalue weighted by Gasteiger charge is -2.00. The lowest BCUT2D eigenvalue weighted by Crippen LogP contribution is -2.25. The van der Waals surface area contributed by atoms with Gasteiger partial charge in [-0.15, -0.1) is 0 Å². The van der Waals surface area contributed by atoms with Gasteiger partial charge in [0.15, 0.2) is 0 Å². The minimum atomic E-state index is -0.154. The number of carbonyl (C=O) groups excluding carboxylic acids is 2. The Balaban J connectivity index is 3.44. The molecular weight excluding hydrogens is 142 g/mol. The summed E-state index contributed by atoms with van der Waals surface area (Å²) in [5.74, 6) is -0.155. The van der Waals surface area contributed by atoms with Crippen LogP contribution in [-0.2, 0) is 9.59 Å². The summed E-state index contributed by atoms with van der Waals surface area (Å²) in [5, 5.41) is 2.64. The summed E-state index contributed by atoms with van der Waals surface area (Å²) >= 11 is 0. The summed E-state index contributed by atoms with van der Waals surface area (Å²) in [6, 6.07) is 0. The Morgan fingerprint density at radius 2 is 1.91 bits per heavy atom. The second-order valence-electron chi connectivity index (χ2n) is 2.42. The van der Waals surface area contributed by atoms with Crippen molar-refractivity contribution in [3.8, 4) is 0 Å². The second kappa shape index (κ2) is 5.89. The van der Waals surface area contributed by atoms with Crippen LogP contribution >= 0.6 is 0 Å². The fourth-order valence-electron chi connectivity index (χ4n) is 0.631. The molecule has 0 saturated carbocycles. The van der Waals surface area contributed by atoms with Crippen LogP contribution in [0.4, 0.5) is 0 Å². The van der Waals surface area contributed by atoms with E-state index < -0.39 is 0 Å². The summed E-state index contributed by atoms with van der Waals surface area (Å²) < 4.78 is 0. The van der Waals surface area contributed by atoms with Crippen LogP contribution in [0.25, 0.3) is 0 Å². The molecule has 0 rings (SSSR count). The Morgan fingerprint density at radius 3 is 2.36 bits per heavy atom. The molecule has 0 aromatic carbocycles. The van der Waals surface area contributed by atoms with Gasteiger partial charge in [-0.1, -0.05) is 13.8 Å². The first-order valence-electron chi connectivity index (χ1n) is 3.99. The molecule has 1 N–H and O–H groups in total. The summed E-state index contributed by atoms with van der Waals surface area (Å²) in [6.07, 6.45) is 1.39. The van der Waals surface area contributed by atoms with Gasteiger partial charge in [0.2, 0.25) is 5.91 Å². The van der Waals surface area contributed by atoms with Crippen molar-refractivity contribution >= 4 is 11.7 Å². The Bertz CT molecular complexity index is 143. The van der Waals surface area contributed by atoms with Gasteiger partial charge in [0.25, 0.3) is 0 Å². The normalized spacial score (nSPS) is 9.27. The number of nitrogens with one attached hydrogen (secondary N) is 1. The van der Waals surface area contributed by atoms with Crippen LogP contribution in [0.1, 0.15) is 33.1 Å². The molecule has 0 unspecified atom stereocenters. The summed E-state index contributed by atoms with van der Waals surface area (Å²) in [7, 11) is 0. The molecule has 0 bridgehead atoms. The average Bonchev–Trinajstić information content (AvgIpc) is 2.00. The molecule has 0 atom stereocenters. The quantitative estimate of drug-likeness (QED) is 0.602. The molecule has 0 spiro atoms. The van der Waals surface area contributed by atoms with Gasteiger partial charge in [-0.2, -0.15) is 0 Å². The molecule has 11 heavy (non-hydrogen) atoms. The molecule has 0 saturated heterocycles. The predicted octanol–water partition coefficient (Wildman–Crippen LogP) is 0.882. The van der Waals surface area contributed by atoms with Crippen LogP contribution in [0.5, 0.6) is 0 Å². The lowest BCUT2D eigenvalue weighted by atomic mass is 10.2. The van der Waals surface area contributed by atoms with Crippen molar-refractivity contribution in [1.82, 2.24) is 5.32 Å². The van der Waals surface area contributed by atoms with Gasteiger partial charge in [0, 0.05) is 13.0 Å². The van der Waals surface area contributed by atoms with Gasteiger partial charge in [-0.3, -0.25) is 9.59 Å². The third-order valence-electron chi connectivity index (χ3n) is 1.32. The number of hydrogen-bond donors (Lipinski definition) is 1. The highest BCUT2D eigenvalue weighted by Gasteiger charge is 2.05. The third-order valence-corrected chi connectivity index (χ3v) is 1.32. The first-order chi connectivity index (χ1) is 5.20. The summed E-state index contributed by atoms with van der Waals surface area (Å²) in [6.45, 7) is 4.40. The van der Waals surface area contributed by atoms with E-state index in [1.54, 1.807) is 6.92 Å². The number of hydrogen-bond acceptors (Lipinski definition) is 2. The minimum absolute atomic E-state index is 0.00129. The number of ketones is 1. The summed E-state index contributed by atoms with van der Waals surface area (Å²) in [4.78, 5) is 21.6. The van der Waals surface area contributed by atoms with Gasteiger partial charge in [-0.25, -0.2) is 0 Å². The van der Waals surface area contributed by atoms with Crippen molar-refractivity contribution in [2.24, 2.45) is 0 Å². The zero-order valence-corrected chi connectivity index (χ0v) is 7.14. The van der Waals surface area contributed by atoms with Crippen molar-refractivity contribution in [3.05, 3.63) is 0 Å². The van der Waals surface area contributed by atoms with E-state index in [2.05, 4.69) is 5.32 Å². The van der Waals surface area contributed by atoms with Gasteiger partial charge in [-0.05, 0) is 6.42 Å². The molecule has 0 aliphatic carbocycles. The second-order valence-corrected chi connectivity index (χ2v) is 2.42. The van der Waals surface area contributed by atoms with E-state index in [1.807, 2.05) is 6.92 Å². The van der Waals surface area contributed by atoms with Crippen molar-refractivity contribution in [2.75, 3.05) is 6.54 Å². The monoisotopic (exact) mass is 157 g/mol. The molecule has 0 aliphatic rings. The molecule has 0 aromatic rings. The van der Waals surface area contributed by atoms with E-state index in [4.69, 9.17) is 0 Å². The van der Waals surface area contributed by atoms with Gasteiger partial charge in [0.05, 0.1) is 6.42 Å². The Hall–Kier alpha value is -0.860. The standard InChI is InChI=1S/C8H15NO2/c1-3-5-9-8(11)6-7(10)4-2/h3-6H2,1-2H3,(H,9,11). The van der Waals surface area contributed by atoms with Crippen molar-refractivity contribution in [1.29, 1.82) is 0 Å². The number of carbonyl (C=O) groups is 2. The molecule has 1 amide bonds. The molecule has 3 heteroatoms. The Kier molecular flexibility index (Phi) is 5.43. The van der Waals surface area contributed by atoms with E-state index in [-0.39, 0.29) is 18.1 Å². The van der Waals surface area contributed by atoms with E-state index in [1.165, 1.54) is 0 Å². The number of Topliss-reactive ketones (excluding diaryl/α,β-unsaturated/α-hetero) is 1. The number of rotatable bonds is 5. The van der Waals surface area contributed by atoms with Crippen LogP contribution in [0, 0.1) is 0 Å². The van der Waals surface area contributed by atoms with Crippen LogP contribution in [0.3, 0.4) is 0 Å². The van der Waals surface area contributed by atoms with Crippen LogP contribution in [0.15, 0.2) is 0 Å². The first-order valence-corrected chi connectivity index (χ1v) is 3.99. The number of amides is 1. The van der Waals surface area contributed by atoms with Crippen molar-refractivity contribution in [3.63, 3.8) is 0 Å². The highest BCUT2D eigenvalue weighted by Crippen LogP contribution is 1.88. The molecule has 0 heterocycles. The zero-order valence-electron chi connectivity index (χ0n) is 7.14. The van der Waals surface area contributed by atoms with E-state index >= 15 is 0 Å². The molecular formula is C8H15NO2. The topological polar surface area (TPSA) is 46.2 Å². The van der Waals surface area contributed by atoms with Crippen LogP contribution in [-0.4, -0.2) is 18.2 Å². The first kappa shape index (κ1) is 10.1. The highest BCUT2D eigenvalue weighted by atomic mass is 16.2. The summed E-state index contributed by atoms with van der Waals surface area (Å²) in [5.41, 5.74) is 0. The maximum Gasteiger partial charge on any atom is 0.227 e. The molecule has 0 radical (unpaired) electrons. The van der Waals surface area contributed by atoms with Crippen molar-refractivity contribution in [2.45, 2.75) is 33.1 Å². The molecule has 0 fully saturated rings. The average molecular weight is 157 g/mol. The maximum absolute atomic E-state index is 10.8. The maximum atomic E-state index is 10.8. The molecule has 3 nitrogen and oxygen atoms in total. The van der Waals surface area contributed by atoms with Crippen LogP contribution in [0.2, 0.25) is 0 Å². The largest absolute Gasteiger partial charge is 0.356 e. The van der Waals surface area contributed by atoms with Crippen LogP contribution < -0.4 is 5.32 Å². The Morgan fingerprint density at radius 1 is 1.27 bits per heavy atom. The minimum Gasteiger partial charge on any atom is -0.356 e. The van der Waals surface area contributed by atoms with Gasteiger partial charge in [0.1, 0.15) is 5.78 Å². The smallest absolute Gasteiger partial charge is 0.227 e. The zero-order chi connectivity index (χ0) is 8.69. The predicted molar refractivity (Wildman–Crippen MR) is 43.2 cm³/mol. The SMILES string of the molecule is CCCNC(=O)CC(=O)CC. The fraction of sp³-hybridized carbons (Fsp3) is 0.750. The lowest BCUT2D eigenvalue weighted by molar-refractivity contribution is -0.128. The van der Waals surface area contributed by atoms with Crippen molar-refractivity contribution < 1.29 is 9.59 Å². The van der Waals surface area contributed by atoms with Gasteiger partial charge >= 0.3 is 0 Å². The molecule has 0 aliphatic heterocycles.